The highest BCUT2D eigenvalue weighted by Crippen LogP contribution is 2.25. The summed E-state index contributed by atoms with van der Waals surface area (Å²) in [6, 6.07) is 11.1. The number of amides is 2. The van der Waals surface area contributed by atoms with E-state index >= 15 is 0 Å². The van der Waals surface area contributed by atoms with Gasteiger partial charge in [-0.25, -0.2) is 12.8 Å². The van der Waals surface area contributed by atoms with E-state index in [9.17, 15) is 22.4 Å². The number of anilines is 1. The van der Waals surface area contributed by atoms with E-state index in [1.54, 1.807) is 25.1 Å². The van der Waals surface area contributed by atoms with Crippen molar-refractivity contribution in [2.45, 2.75) is 77.9 Å². The van der Waals surface area contributed by atoms with Crippen LogP contribution in [0, 0.1) is 19.7 Å². The van der Waals surface area contributed by atoms with Gasteiger partial charge in [-0.05, 0) is 63.3 Å². The van der Waals surface area contributed by atoms with E-state index in [1.807, 2.05) is 32.0 Å². The summed E-state index contributed by atoms with van der Waals surface area (Å²) in [5.41, 5.74) is 2.66. The molecule has 7 nitrogen and oxygen atoms in total. The fourth-order valence-corrected chi connectivity index (χ4v) is 5.77. The maximum Gasteiger partial charge on any atom is 0.242 e. The van der Waals surface area contributed by atoms with Crippen LogP contribution in [-0.4, -0.2) is 50.0 Å². The van der Waals surface area contributed by atoms with Crippen LogP contribution in [0.25, 0.3) is 0 Å². The summed E-state index contributed by atoms with van der Waals surface area (Å²) in [6.45, 7) is 5.47. The first-order chi connectivity index (χ1) is 17.5. The Kier molecular flexibility index (Phi) is 9.70. The number of sulfonamides is 1. The maximum absolute atomic E-state index is 14.4. The molecule has 0 radical (unpaired) electrons. The van der Waals surface area contributed by atoms with E-state index in [0.29, 0.717) is 11.3 Å². The van der Waals surface area contributed by atoms with Crippen LogP contribution in [-0.2, 0) is 26.2 Å². The predicted molar refractivity (Wildman–Crippen MR) is 144 cm³/mol. The van der Waals surface area contributed by atoms with Crippen LogP contribution in [0.2, 0.25) is 0 Å². The van der Waals surface area contributed by atoms with Crippen LogP contribution in [0.15, 0.2) is 42.5 Å². The zero-order valence-corrected chi connectivity index (χ0v) is 23.0. The highest BCUT2D eigenvalue weighted by Gasteiger charge is 2.29. The van der Waals surface area contributed by atoms with Gasteiger partial charge >= 0.3 is 0 Å². The van der Waals surface area contributed by atoms with Gasteiger partial charge in [-0.3, -0.25) is 13.9 Å². The summed E-state index contributed by atoms with van der Waals surface area (Å²) in [7, 11) is -3.58. The lowest BCUT2D eigenvalue weighted by Gasteiger charge is -2.30. The van der Waals surface area contributed by atoms with E-state index in [4.69, 9.17) is 0 Å². The smallest absolute Gasteiger partial charge is 0.242 e. The molecule has 2 aromatic rings. The van der Waals surface area contributed by atoms with E-state index in [2.05, 4.69) is 5.32 Å². The Morgan fingerprint density at radius 3 is 2.43 bits per heavy atom. The van der Waals surface area contributed by atoms with E-state index in [-0.39, 0.29) is 43.8 Å². The second-order valence-electron chi connectivity index (χ2n) is 10.0. The summed E-state index contributed by atoms with van der Waals surface area (Å²) < 4.78 is 40.9. The Bertz CT molecular complexity index is 1210. The quantitative estimate of drug-likeness (QED) is 0.464. The van der Waals surface area contributed by atoms with Crippen molar-refractivity contribution in [3.8, 4) is 0 Å². The van der Waals surface area contributed by atoms with E-state index in [1.165, 1.54) is 15.3 Å². The van der Waals surface area contributed by atoms with Crippen LogP contribution in [0.4, 0.5) is 10.1 Å². The molecular formula is C28H38FN3O4S. The maximum atomic E-state index is 14.4. The number of halogens is 1. The van der Waals surface area contributed by atoms with Gasteiger partial charge in [0.15, 0.2) is 0 Å². The summed E-state index contributed by atoms with van der Waals surface area (Å²) in [5, 5.41) is 3.03. The lowest BCUT2D eigenvalue weighted by Crippen LogP contribution is -2.49. The number of hydrogen-bond acceptors (Lipinski definition) is 4. The third kappa shape index (κ3) is 7.77. The molecule has 1 saturated carbocycles. The van der Waals surface area contributed by atoms with Crippen molar-refractivity contribution in [1.29, 1.82) is 0 Å². The molecule has 1 aliphatic rings. The standard InChI is InChI=1S/C28H38FN3O4S/c1-20-15-16-21(2)26(18-20)32(37(4,35)36)17-9-14-27(33)31(19-23-10-5-8-13-25(23)29)22(3)28(34)30-24-11-6-7-12-24/h5,8,10,13,15-16,18,22,24H,6-7,9,11-12,14,17,19H2,1-4H3,(H,30,34)/t22-/m0/s1. The average molecular weight is 532 g/mol. The van der Waals surface area contributed by atoms with Gasteiger partial charge in [0, 0.05) is 31.1 Å². The van der Waals surface area contributed by atoms with Crippen molar-refractivity contribution in [1.82, 2.24) is 10.2 Å². The Hall–Kier alpha value is -2.94. The zero-order chi connectivity index (χ0) is 27.2. The normalized spacial score (nSPS) is 14.8. The Labute approximate surface area is 220 Å². The number of nitrogens with zero attached hydrogens (tertiary/aromatic N) is 2. The molecule has 1 atom stereocenters. The molecule has 37 heavy (non-hydrogen) atoms. The first kappa shape index (κ1) is 28.6. The topological polar surface area (TPSA) is 86.8 Å². The second kappa shape index (κ2) is 12.5. The third-order valence-corrected chi connectivity index (χ3v) is 8.13. The molecule has 0 unspecified atom stereocenters. The molecule has 0 aliphatic heterocycles. The molecule has 1 fully saturated rings. The van der Waals surface area contributed by atoms with Crippen molar-refractivity contribution in [2.75, 3.05) is 17.1 Å². The molecule has 1 aliphatic carbocycles. The molecular weight excluding hydrogens is 493 g/mol. The average Bonchev–Trinajstić information content (AvgIpc) is 3.34. The molecule has 2 aromatic carbocycles. The van der Waals surface area contributed by atoms with Gasteiger partial charge in [-0.15, -0.1) is 0 Å². The molecule has 3 rings (SSSR count). The lowest BCUT2D eigenvalue weighted by molar-refractivity contribution is -0.141. The van der Waals surface area contributed by atoms with Crippen molar-refractivity contribution in [3.63, 3.8) is 0 Å². The largest absolute Gasteiger partial charge is 0.352 e. The Balaban J connectivity index is 1.75. The number of nitrogens with one attached hydrogen (secondary N) is 1. The molecule has 0 bridgehead atoms. The van der Waals surface area contributed by atoms with Crippen LogP contribution in [0.5, 0.6) is 0 Å². The van der Waals surface area contributed by atoms with Crippen molar-refractivity contribution in [3.05, 3.63) is 65.0 Å². The number of rotatable bonds is 11. The van der Waals surface area contributed by atoms with Crippen molar-refractivity contribution < 1.29 is 22.4 Å². The van der Waals surface area contributed by atoms with Crippen LogP contribution < -0.4 is 9.62 Å². The Morgan fingerprint density at radius 1 is 1.11 bits per heavy atom. The van der Waals surface area contributed by atoms with Gasteiger partial charge in [0.25, 0.3) is 0 Å². The summed E-state index contributed by atoms with van der Waals surface area (Å²) in [6.07, 6.45) is 5.38. The van der Waals surface area contributed by atoms with E-state index in [0.717, 1.165) is 43.1 Å². The number of carbonyl (C=O) groups excluding carboxylic acids is 2. The highest BCUT2D eigenvalue weighted by molar-refractivity contribution is 7.92. The van der Waals surface area contributed by atoms with Crippen molar-refractivity contribution >= 4 is 27.5 Å². The molecule has 0 spiro atoms. The molecule has 1 N–H and O–H groups in total. The fourth-order valence-electron chi connectivity index (χ4n) is 4.76. The second-order valence-corrected chi connectivity index (χ2v) is 11.9. The predicted octanol–water partition coefficient (Wildman–Crippen LogP) is 4.46. The first-order valence-electron chi connectivity index (χ1n) is 12.9. The minimum Gasteiger partial charge on any atom is -0.352 e. The van der Waals surface area contributed by atoms with Crippen LogP contribution >= 0.6 is 0 Å². The van der Waals surface area contributed by atoms with Gasteiger partial charge in [-0.1, -0.05) is 43.2 Å². The summed E-state index contributed by atoms with van der Waals surface area (Å²) >= 11 is 0. The van der Waals surface area contributed by atoms with E-state index < -0.39 is 21.9 Å². The molecule has 0 aromatic heterocycles. The Morgan fingerprint density at radius 2 is 1.78 bits per heavy atom. The van der Waals surface area contributed by atoms with Gasteiger partial charge in [0.05, 0.1) is 11.9 Å². The van der Waals surface area contributed by atoms with Crippen LogP contribution in [0.3, 0.4) is 0 Å². The zero-order valence-electron chi connectivity index (χ0n) is 22.2. The molecule has 2 amide bonds. The van der Waals surface area contributed by atoms with Gasteiger partial charge in [-0.2, -0.15) is 0 Å². The number of hydrogen-bond donors (Lipinski definition) is 1. The van der Waals surface area contributed by atoms with Crippen LogP contribution in [0.1, 0.15) is 62.1 Å². The lowest BCUT2D eigenvalue weighted by atomic mass is 10.1. The van der Waals surface area contributed by atoms with Crippen molar-refractivity contribution in [2.24, 2.45) is 0 Å². The van der Waals surface area contributed by atoms with Gasteiger partial charge in [0.1, 0.15) is 11.9 Å². The molecule has 9 heteroatoms. The number of carbonyl (C=O) groups is 2. The number of aryl methyl sites for hydroxylation is 2. The van der Waals surface area contributed by atoms with Gasteiger partial charge < -0.3 is 10.2 Å². The minimum absolute atomic E-state index is 0.0202. The summed E-state index contributed by atoms with van der Waals surface area (Å²) in [5.74, 6) is -1.03. The molecule has 0 saturated heterocycles. The third-order valence-electron chi connectivity index (χ3n) is 6.95. The monoisotopic (exact) mass is 531 g/mol. The minimum atomic E-state index is -3.58. The fraction of sp³-hybridized carbons (Fsp3) is 0.500. The first-order valence-corrected chi connectivity index (χ1v) is 14.7. The molecule has 0 heterocycles. The SMILES string of the molecule is Cc1ccc(C)c(N(CCCC(=O)N(Cc2ccccc2F)[C@@H](C)C(=O)NC2CCCC2)S(C)(=O)=O)c1. The number of benzene rings is 2. The highest BCUT2D eigenvalue weighted by atomic mass is 32.2. The molecule has 202 valence electrons. The van der Waals surface area contributed by atoms with Gasteiger partial charge in [0.2, 0.25) is 21.8 Å². The summed E-state index contributed by atoms with van der Waals surface area (Å²) in [4.78, 5) is 27.8.